The number of carbonyl (C=O) groups is 2. The van der Waals surface area contributed by atoms with Crippen LogP contribution in [0.5, 0.6) is 0 Å². The Kier molecular flexibility index (Phi) is 8.08. The summed E-state index contributed by atoms with van der Waals surface area (Å²) in [6.45, 7) is 7.17. The molecular weight excluding hydrogens is 318 g/mol. The summed E-state index contributed by atoms with van der Waals surface area (Å²) in [6, 6.07) is 0. The highest BCUT2D eigenvalue weighted by Gasteiger charge is 2.42. The van der Waals surface area contributed by atoms with Gasteiger partial charge >= 0.3 is 5.97 Å². The van der Waals surface area contributed by atoms with Gasteiger partial charge < -0.3 is 19.1 Å². The van der Waals surface area contributed by atoms with Gasteiger partial charge in [0.05, 0.1) is 11.4 Å². The van der Waals surface area contributed by atoms with E-state index >= 15 is 0 Å². The third-order valence-electron chi connectivity index (χ3n) is 3.03. The Bertz CT molecular complexity index is 450. The van der Waals surface area contributed by atoms with Crippen molar-refractivity contribution in [1.82, 2.24) is 4.90 Å². The van der Waals surface area contributed by atoms with Crippen molar-refractivity contribution in [3.8, 4) is 0 Å². The Hall–Kier alpha value is -1.05. The number of rotatable bonds is 7. The molecule has 0 spiro atoms. The Morgan fingerprint density at radius 2 is 2.09 bits per heavy atom. The molecule has 6 nitrogen and oxygen atoms in total. The molecule has 1 aliphatic heterocycles. The number of carbonyl (C=O) groups excluding carboxylic acids is 2. The first-order valence-electron chi connectivity index (χ1n) is 7.74. The van der Waals surface area contributed by atoms with Crippen molar-refractivity contribution < 1.29 is 23.8 Å². The van der Waals surface area contributed by atoms with E-state index in [-0.39, 0.29) is 29.7 Å². The van der Waals surface area contributed by atoms with Crippen LogP contribution in [0.3, 0.4) is 0 Å². The predicted octanol–water partition coefficient (Wildman–Crippen LogP) is 1.84. The highest BCUT2D eigenvalue weighted by molar-refractivity contribution is 8.00. The molecule has 0 aliphatic carbocycles. The van der Waals surface area contributed by atoms with E-state index < -0.39 is 12.4 Å². The zero-order valence-electron chi connectivity index (χ0n) is 14.7. The maximum absolute atomic E-state index is 12.7. The molecule has 1 saturated heterocycles. The molecule has 0 aromatic rings. The minimum Gasteiger partial charge on any atom is -0.463 e. The molecule has 0 radical (unpaired) electrons. The zero-order valence-corrected chi connectivity index (χ0v) is 15.5. The van der Waals surface area contributed by atoms with Crippen molar-refractivity contribution in [3.05, 3.63) is 11.8 Å². The van der Waals surface area contributed by atoms with Gasteiger partial charge in [0.25, 0.3) is 0 Å². The van der Waals surface area contributed by atoms with Gasteiger partial charge in [0.15, 0.2) is 0 Å². The normalized spacial score (nSPS) is 26.7. The van der Waals surface area contributed by atoms with Crippen molar-refractivity contribution in [1.29, 1.82) is 0 Å². The van der Waals surface area contributed by atoms with E-state index in [0.717, 1.165) is 5.75 Å². The van der Waals surface area contributed by atoms with Crippen molar-refractivity contribution >= 4 is 23.5 Å². The number of nitrogens with zero attached hydrogens (tertiary/aromatic N) is 1. The molecule has 3 atom stereocenters. The van der Waals surface area contributed by atoms with E-state index in [1.165, 1.54) is 6.92 Å². The third kappa shape index (κ3) is 6.16. The monoisotopic (exact) mass is 345 g/mol. The molecule has 1 fully saturated rings. The number of hydrogen-bond acceptors (Lipinski definition) is 7. The molecule has 0 amide bonds. The first kappa shape index (κ1) is 20.0. The van der Waals surface area contributed by atoms with Crippen LogP contribution in [-0.4, -0.2) is 66.9 Å². The minimum atomic E-state index is -0.963. The van der Waals surface area contributed by atoms with Gasteiger partial charge in [-0.2, -0.15) is 11.8 Å². The van der Waals surface area contributed by atoms with Crippen molar-refractivity contribution in [2.24, 2.45) is 0 Å². The first-order valence-corrected chi connectivity index (χ1v) is 8.79. The Labute approximate surface area is 142 Å². The molecule has 0 aromatic carbocycles. The van der Waals surface area contributed by atoms with Gasteiger partial charge in [-0.25, -0.2) is 0 Å². The maximum Gasteiger partial charge on any atom is 0.302 e. The summed E-state index contributed by atoms with van der Waals surface area (Å²) in [4.78, 5) is 25.7. The van der Waals surface area contributed by atoms with E-state index in [1.54, 1.807) is 18.0 Å². The van der Waals surface area contributed by atoms with Crippen molar-refractivity contribution in [2.75, 3.05) is 26.5 Å². The van der Waals surface area contributed by atoms with Crippen LogP contribution in [-0.2, 0) is 23.8 Å². The lowest BCUT2D eigenvalue weighted by molar-refractivity contribution is -0.205. The van der Waals surface area contributed by atoms with Crippen molar-refractivity contribution in [3.63, 3.8) is 0 Å². The molecule has 1 aliphatic rings. The number of hydrogen-bond donors (Lipinski definition) is 0. The molecule has 0 bridgehead atoms. The smallest absolute Gasteiger partial charge is 0.302 e. The summed E-state index contributed by atoms with van der Waals surface area (Å²) in [7, 11) is 3.73. The number of esters is 1. The number of thioether (sulfide) groups is 1. The summed E-state index contributed by atoms with van der Waals surface area (Å²) < 4.78 is 16.5. The van der Waals surface area contributed by atoms with Gasteiger partial charge in [-0.15, -0.1) is 0 Å². The van der Waals surface area contributed by atoms with Crippen LogP contribution in [0.1, 0.15) is 27.7 Å². The summed E-state index contributed by atoms with van der Waals surface area (Å²) >= 11 is 1.60. The second-order valence-corrected chi connectivity index (χ2v) is 7.20. The molecule has 7 heteroatoms. The molecule has 0 aromatic heterocycles. The Balaban J connectivity index is 3.08. The second kappa shape index (κ2) is 9.30. The molecular formula is C16H27NO5S. The van der Waals surface area contributed by atoms with Gasteiger partial charge in [-0.1, -0.05) is 6.92 Å². The van der Waals surface area contributed by atoms with Gasteiger partial charge in [-0.05, 0) is 19.6 Å². The number of ether oxygens (including phenoxy) is 3. The fourth-order valence-corrected chi connectivity index (χ4v) is 3.30. The number of ketones is 1. The predicted molar refractivity (Wildman–Crippen MR) is 90.2 cm³/mol. The first-order chi connectivity index (χ1) is 10.8. The van der Waals surface area contributed by atoms with Crippen LogP contribution in [0.15, 0.2) is 11.8 Å². The highest BCUT2D eigenvalue weighted by atomic mass is 32.2. The lowest BCUT2D eigenvalue weighted by Crippen LogP contribution is -2.49. The zero-order chi connectivity index (χ0) is 17.6. The third-order valence-corrected chi connectivity index (χ3v) is 4.28. The van der Waals surface area contributed by atoms with Crippen LogP contribution in [0.4, 0.5) is 0 Å². The van der Waals surface area contributed by atoms with Gasteiger partial charge in [0, 0.05) is 32.8 Å². The summed E-state index contributed by atoms with van der Waals surface area (Å²) in [5.74, 6) is 0.279. The van der Waals surface area contributed by atoms with Crippen LogP contribution in [0.2, 0.25) is 0 Å². The van der Waals surface area contributed by atoms with Gasteiger partial charge in [0.2, 0.25) is 12.1 Å². The summed E-state index contributed by atoms with van der Waals surface area (Å²) in [6.07, 6.45) is 0.275. The van der Waals surface area contributed by atoms with E-state index in [0.29, 0.717) is 5.57 Å². The van der Waals surface area contributed by atoms with Crippen LogP contribution in [0.25, 0.3) is 0 Å². The molecule has 1 heterocycles. The van der Waals surface area contributed by atoms with E-state index in [4.69, 9.17) is 14.2 Å². The second-order valence-electron chi connectivity index (χ2n) is 5.78. The highest BCUT2D eigenvalue weighted by Crippen LogP contribution is 2.33. The van der Waals surface area contributed by atoms with Crippen molar-refractivity contribution in [2.45, 2.75) is 51.4 Å². The molecule has 0 N–H and O–H groups in total. The average Bonchev–Trinajstić information content (AvgIpc) is 2.43. The summed E-state index contributed by atoms with van der Waals surface area (Å²) in [5, 5.41) is -0.193. The largest absolute Gasteiger partial charge is 0.463 e. The van der Waals surface area contributed by atoms with Gasteiger partial charge in [0.1, 0.15) is 12.7 Å². The van der Waals surface area contributed by atoms with Crippen LogP contribution < -0.4 is 0 Å². The molecule has 0 unspecified atom stereocenters. The lowest BCUT2D eigenvalue weighted by atomic mass is 10.0. The van der Waals surface area contributed by atoms with Crippen LogP contribution in [0, 0.1) is 0 Å². The number of Topliss-reactive ketones (excluding diaryl/α,β-unsaturated/α-hetero) is 1. The minimum absolute atomic E-state index is 0.100. The fourth-order valence-electron chi connectivity index (χ4n) is 2.23. The SMILES string of the molecule is CCS[C@@H]1/C(=C\N(C)C)C(=O)[C@@H](OC(C)C)O[C@@H]1COC(C)=O. The average molecular weight is 345 g/mol. The standard InChI is InChI=1S/C16H27NO5S/c1-7-23-15-12(8-17(5)6)14(19)16(21-10(2)3)22-13(15)9-20-11(4)18/h8,10,13,15-16H,7,9H2,1-6H3/b12-8-/t13-,15-,16+/m1/s1. The topological polar surface area (TPSA) is 65.1 Å². The quantitative estimate of drug-likeness (QED) is 0.515. The molecule has 1 rings (SSSR count). The van der Waals surface area contributed by atoms with Crippen LogP contribution >= 0.6 is 11.8 Å². The van der Waals surface area contributed by atoms with Gasteiger partial charge in [-0.3, -0.25) is 9.59 Å². The summed E-state index contributed by atoms with van der Waals surface area (Å²) in [5.41, 5.74) is 0.635. The molecule has 0 saturated carbocycles. The Morgan fingerprint density at radius 3 is 2.57 bits per heavy atom. The van der Waals surface area contributed by atoms with E-state index in [2.05, 4.69) is 0 Å². The van der Waals surface area contributed by atoms with E-state index in [1.807, 2.05) is 39.8 Å². The maximum atomic E-state index is 12.7. The molecule has 23 heavy (non-hydrogen) atoms. The lowest BCUT2D eigenvalue weighted by Gasteiger charge is -2.37. The Morgan fingerprint density at radius 1 is 1.43 bits per heavy atom. The fraction of sp³-hybridized carbons (Fsp3) is 0.750. The molecule has 132 valence electrons. The van der Waals surface area contributed by atoms with E-state index in [9.17, 15) is 9.59 Å².